The minimum Gasteiger partial charge on any atom is -0.481 e. The van der Waals surface area contributed by atoms with Crippen molar-refractivity contribution in [1.82, 2.24) is 9.88 Å². The molecule has 1 rings (SSSR count). The van der Waals surface area contributed by atoms with Gasteiger partial charge in [-0.1, -0.05) is 0 Å². The van der Waals surface area contributed by atoms with Crippen LogP contribution >= 0.6 is 11.3 Å². The molecule has 0 radical (unpaired) electrons. The molecular weight excluding hydrogens is 188 g/mol. The van der Waals surface area contributed by atoms with E-state index in [0.717, 1.165) is 11.4 Å². The maximum atomic E-state index is 10.3. The SMILES string of the molecule is CN(CCC(=O)O)Cc1cncs1. The minimum absolute atomic E-state index is 0.190. The van der Waals surface area contributed by atoms with Gasteiger partial charge in [-0.15, -0.1) is 11.3 Å². The van der Waals surface area contributed by atoms with E-state index in [1.807, 2.05) is 18.1 Å². The summed E-state index contributed by atoms with van der Waals surface area (Å²) in [6.07, 6.45) is 2.00. The summed E-state index contributed by atoms with van der Waals surface area (Å²) in [5, 5.41) is 8.45. The van der Waals surface area contributed by atoms with Gasteiger partial charge in [0.2, 0.25) is 0 Å². The van der Waals surface area contributed by atoms with Gasteiger partial charge in [-0.2, -0.15) is 0 Å². The van der Waals surface area contributed by atoms with Gasteiger partial charge in [0.05, 0.1) is 11.9 Å². The summed E-state index contributed by atoms with van der Waals surface area (Å²) in [4.78, 5) is 17.3. The van der Waals surface area contributed by atoms with Crippen molar-refractivity contribution in [3.63, 3.8) is 0 Å². The van der Waals surface area contributed by atoms with Crippen LogP contribution < -0.4 is 0 Å². The summed E-state index contributed by atoms with van der Waals surface area (Å²) in [6.45, 7) is 1.35. The number of carboxylic acids is 1. The standard InChI is InChI=1S/C8H12N2O2S/c1-10(3-2-8(11)12)5-7-4-9-6-13-7/h4,6H,2-3,5H2,1H3,(H,11,12). The second-order valence-corrected chi connectivity index (χ2v) is 3.82. The van der Waals surface area contributed by atoms with Gasteiger partial charge in [0.1, 0.15) is 0 Å². The minimum atomic E-state index is -0.754. The topological polar surface area (TPSA) is 53.4 Å². The molecule has 0 spiro atoms. The zero-order chi connectivity index (χ0) is 9.68. The molecule has 4 nitrogen and oxygen atoms in total. The molecule has 1 heterocycles. The lowest BCUT2D eigenvalue weighted by atomic mass is 10.4. The van der Waals surface area contributed by atoms with Crippen molar-refractivity contribution in [2.45, 2.75) is 13.0 Å². The van der Waals surface area contributed by atoms with Crippen LogP contribution in [0.3, 0.4) is 0 Å². The van der Waals surface area contributed by atoms with Crippen molar-refractivity contribution < 1.29 is 9.90 Å². The number of thiazole rings is 1. The van der Waals surface area contributed by atoms with E-state index in [9.17, 15) is 4.79 Å². The van der Waals surface area contributed by atoms with Gasteiger partial charge in [-0.3, -0.25) is 9.78 Å². The van der Waals surface area contributed by atoms with E-state index in [1.165, 1.54) is 0 Å². The summed E-state index contributed by atoms with van der Waals surface area (Å²) in [5.41, 5.74) is 1.78. The number of hydrogen-bond donors (Lipinski definition) is 1. The zero-order valence-electron chi connectivity index (χ0n) is 7.43. The van der Waals surface area contributed by atoms with Gasteiger partial charge in [-0.05, 0) is 7.05 Å². The molecule has 0 aliphatic rings. The molecule has 13 heavy (non-hydrogen) atoms. The summed E-state index contributed by atoms with van der Waals surface area (Å²) in [5.74, 6) is -0.754. The summed E-state index contributed by atoms with van der Waals surface area (Å²) >= 11 is 1.59. The van der Waals surface area contributed by atoms with Gasteiger partial charge >= 0.3 is 5.97 Å². The predicted octanol–water partition coefficient (Wildman–Crippen LogP) is 1.05. The predicted molar refractivity (Wildman–Crippen MR) is 50.7 cm³/mol. The Morgan fingerprint density at radius 1 is 1.77 bits per heavy atom. The van der Waals surface area contributed by atoms with Crippen molar-refractivity contribution in [2.24, 2.45) is 0 Å². The molecule has 72 valence electrons. The Balaban J connectivity index is 2.25. The Hall–Kier alpha value is -0.940. The van der Waals surface area contributed by atoms with E-state index in [1.54, 1.807) is 16.8 Å². The number of nitrogens with zero attached hydrogens (tertiary/aromatic N) is 2. The molecule has 5 heteroatoms. The summed E-state index contributed by atoms with van der Waals surface area (Å²) in [7, 11) is 1.91. The van der Waals surface area contributed by atoms with Crippen LogP contribution in [0, 0.1) is 0 Å². The lowest BCUT2D eigenvalue weighted by molar-refractivity contribution is -0.137. The quantitative estimate of drug-likeness (QED) is 0.772. The summed E-state index contributed by atoms with van der Waals surface area (Å²) in [6, 6.07) is 0. The Morgan fingerprint density at radius 3 is 3.08 bits per heavy atom. The van der Waals surface area contributed by atoms with E-state index in [-0.39, 0.29) is 6.42 Å². The molecule has 0 bridgehead atoms. The largest absolute Gasteiger partial charge is 0.481 e. The highest BCUT2D eigenvalue weighted by Gasteiger charge is 2.03. The molecule has 0 amide bonds. The van der Waals surface area contributed by atoms with Crippen LogP contribution in [0.4, 0.5) is 0 Å². The molecule has 0 fully saturated rings. The molecule has 1 N–H and O–H groups in total. The first-order valence-corrected chi connectivity index (χ1v) is 4.84. The molecule has 0 atom stereocenters. The first kappa shape index (κ1) is 10.1. The highest BCUT2D eigenvalue weighted by Crippen LogP contribution is 2.08. The molecule has 0 aromatic carbocycles. The Kier molecular flexibility index (Phi) is 3.85. The van der Waals surface area contributed by atoms with Crippen molar-refractivity contribution in [3.05, 3.63) is 16.6 Å². The maximum Gasteiger partial charge on any atom is 0.304 e. The van der Waals surface area contributed by atoms with Crippen LogP contribution in [0.25, 0.3) is 0 Å². The van der Waals surface area contributed by atoms with Crippen molar-refractivity contribution in [2.75, 3.05) is 13.6 Å². The second-order valence-electron chi connectivity index (χ2n) is 2.85. The third kappa shape index (κ3) is 4.00. The number of carboxylic acid groups (broad SMARTS) is 1. The average molecular weight is 200 g/mol. The molecule has 0 aliphatic heterocycles. The van der Waals surface area contributed by atoms with E-state index >= 15 is 0 Å². The Labute approximate surface area is 80.8 Å². The highest BCUT2D eigenvalue weighted by atomic mass is 32.1. The fraction of sp³-hybridized carbons (Fsp3) is 0.500. The van der Waals surface area contributed by atoms with Crippen molar-refractivity contribution in [3.8, 4) is 0 Å². The van der Waals surface area contributed by atoms with E-state index in [2.05, 4.69) is 4.98 Å². The number of aliphatic carboxylic acids is 1. The molecule has 0 aliphatic carbocycles. The van der Waals surface area contributed by atoms with E-state index in [0.29, 0.717) is 6.54 Å². The van der Waals surface area contributed by atoms with Gasteiger partial charge in [-0.25, -0.2) is 0 Å². The smallest absolute Gasteiger partial charge is 0.304 e. The molecule has 0 unspecified atom stereocenters. The second kappa shape index (κ2) is 4.94. The fourth-order valence-electron chi connectivity index (χ4n) is 0.952. The average Bonchev–Trinajstić information content (AvgIpc) is 2.53. The fourth-order valence-corrected chi connectivity index (χ4v) is 1.63. The van der Waals surface area contributed by atoms with Crippen LogP contribution in [-0.4, -0.2) is 34.6 Å². The summed E-state index contributed by atoms with van der Waals surface area (Å²) < 4.78 is 0. The lowest BCUT2D eigenvalue weighted by Crippen LogP contribution is -2.20. The number of aromatic nitrogens is 1. The van der Waals surface area contributed by atoms with Gasteiger partial charge in [0.15, 0.2) is 0 Å². The van der Waals surface area contributed by atoms with Gasteiger partial charge < -0.3 is 10.0 Å². The number of hydrogen-bond acceptors (Lipinski definition) is 4. The van der Waals surface area contributed by atoms with Crippen LogP contribution in [0.2, 0.25) is 0 Å². The third-order valence-corrected chi connectivity index (χ3v) is 2.38. The Morgan fingerprint density at radius 2 is 2.54 bits per heavy atom. The van der Waals surface area contributed by atoms with E-state index < -0.39 is 5.97 Å². The lowest BCUT2D eigenvalue weighted by Gasteiger charge is -2.13. The normalized spacial score (nSPS) is 10.6. The molecule has 1 aromatic rings. The van der Waals surface area contributed by atoms with Crippen LogP contribution in [-0.2, 0) is 11.3 Å². The van der Waals surface area contributed by atoms with Gasteiger partial charge in [0.25, 0.3) is 0 Å². The molecular formula is C8H12N2O2S. The number of carbonyl (C=O) groups is 1. The Bertz CT molecular complexity index is 261. The van der Waals surface area contributed by atoms with E-state index in [4.69, 9.17) is 5.11 Å². The maximum absolute atomic E-state index is 10.3. The van der Waals surface area contributed by atoms with Crippen LogP contribution in [0.1, 0.15) is 11.3 Å². The first-order chi connectivity index (χ1) is 6.18. The van der Waals surface area contributed by atoms with Crippen LogP contribution in [0.5, 0.6) is 0 Å². The highest BCUT2D eigenvalue weighted by molar-refractivity contribution is 7.09. The monoisotopic (exact) mass is 200 g/mol. The zero-order valence-corrected chi connectivity index (χ0v) is 8.25. The molecule has 0 saturated carbocycles. The first-order valence-electron chi connectivity index (χ1n) is 3.96. The van der Waals surface area contributed by atoms with Crippen molar-refractivity contribution >= 4 is 17.3 Å². The molecule has 0 saturated heterocycles. The van der Waals surface area contributed by atoms with Crippen LogP contribution in [0.15, 0.2) is 11.7 Å². The van der Waals surface area contributed by atoms with Gasteiger partial charge in [0, 0.05) is 24.2 Å². The molecule has 1 aromatic heterocycles. The number of rotatable bonds is 5. The third-order valence-electron chi connectivity index (χ3n) is 1.62. The van der Waals surface area contributed by atoms with Crippen molar-refractivity contribution in [1.29, 1.82) is 0 Å².